The highest BCUT2D eigenvalue weighted by Gasteiger charge is 2.15. The summed E-state index contributed by atoms with van der Waals surface area (Å²) in [6, 6.07) is 5.13. The molecule has 0 aromatic heterocycles. The molecule has 0 aliphatic carbocycles. The largest absolute Gasteiger partial charge is 0.495 e. The van der Waals surface area contributed by atoms with Gasteiger partial charge in [-0.15, -0.1) is 0 Å². The highest BCUT2D eigenvalue weighted by atomic mass is 16.5. The van der Waals surface area contributed by atoms with Crippen molar-refractivity contribution in [3.05, 3.63) is 18.2 Å². The predicted molar refractivity (Wildman–Crippen MR) is 80.4 cm³/mol. The second-order valence-corrected chi connectivity index (χ2v) is 4.94. The smallest absolute Gasteiger partial charge is 0.226 e. The molecular weight excluding hydrogens is 272 g/mol. The molecule has 1 heterocycles. The van der Waals surface area contributed by atoms with Crippen molar-refractivity contribution < 1.29 is 19.0 Å². The Morgan fingerprint density at radius 2 is 2.19 bits per heavy atom. The third kappa shape index (κ3) is 4.91. The van der Waals surface area contributed by atoms with Gasteiger partial charge in [-0.25, -0.2) is 0 Å². The highest BCUT2D eigenvalue weighted by molar-refractivity contribution is 5.92. The number of nitrogen functional groups attached to an aromatic ring is 1. The van der Waals surface area contributed by atoms with Gasteiger partial charge in [-0.3, -0.25) is 4.79 Å². The number of anilines is 2. The topological polar surface area (TPSA) is 82.8 Å². The first-order valence-corrected chi connectivity index (χ1v) is 7.11. The van der Waals surface area contributed by atoms with Gasteiger partial charge in [-0.05, 0) is 31.0 Å². The zero-order valence-corrected chi connectivity index (χ0v) is 12.3. The summed E-state index contributed by atoms with van der Waals surface area (Å²) in [4.78, 5) is 11.9. The van der Waals surface area contributed by atoms with Crippen molar-refractivity contribution in [3.8, 4) is 5.75 Å². The standard InChI is InChI=1S/C15H22N2O4/c1-19-14-3-2-11(16)10-13(14)17-15(18)6-9-21-12-4-7-20-8-5-12/h2-3,10,12H,4-9,16H2,1H3,(H,17,18). The van der Waals surface area contributed by atoms with Crippen molar-refractivity contribution in [2.75, 3.05) is 38.0 Å². The van der Waals surface area contributed by atoms with Gasteiger partial charge in [0.1, 0.15) is 5.75 Å². The SMILES string of the molecule is COc1ccc(N)cc1NC(=O)CCOC1CCOCC1. The lowest BCUT2D eigenvalue weighted by molar-refractivity contribution is -0.118. The van der Waals surface area contributed by atoms with Crippen LogP contribution in [0.25, 0.3) is 0 Å². The van der Waals surface area contributed by atoms with Crippen LogP contribution in [-0.2, 0) is 14.3 Å². The van der Waals surface area contributed by atoms with Crippen LogP contribution in [0.4, 0.5) is 11.4 Å². The molecule has 0 saturated carbocycles. The van der Waals surface area contributed by atoms with Crippen LogP contribution in [0.2, 0.25) is 0 Å². The Kier molecular flexibility index (Phi) is 5.83. The molecule has 2 rings (SSSR count). The van der Waals surface area contributed by atoms with Crippen LogP contribution in [0.3, 0.4) is 0 Å². The second kappa shape index (κ2) is 7.85. The first kappa shape index (κ1) is 15.6. The van der Waals surface area contributed by atoms with E-state index in [2.05, 4.69) is 5.32 Å². The van der Waals surface area contributed by atoms with E-state index in [4.69, 9.17) is 19.9 Å². The molecule has 0 radical (unpaired) electrons. The van der Waals surface area contributed by atoms with Crippen LogP contribution in [0, 0.1) is 0 Å². The molecule has 1 fully saturated rings. The molecule has 1 saturated heterocycles. The van der Waals surface area contributed by atoms with Crippen molar-refractivity contribution in [2.24, 2.45) is 0 Å². The fraction of sp³-hybridized carbons (Fsp3) is 0.533. The minimum atomic E-state index is -0.119. The summed E-state index contributed by atoms with van der Waals surface area (Å²) in [7, 11) is 1.55. The Bertz CT molecular complexity index is 473. The predicted octanol–water partition coefficient (Wildman–Crippen LogP) is 1.80. The van der Waals surface area contributed by atoms with E-state index >= 15 is 0 Å². The Morgan fingerprint density at radius 3 is 2.90 bits per heavy atom. The highest BCUT2D eigenvalue weighted by Crippen LogP contribution is 2.26. The van der Waals surface area contributed by atoms with E-state index < -0.39 is 0 Å². The number of carbonyl (C=O) groups is 1. The Labute approximate surface area is 124 Å². The van der Waals surface area contributed by atoms with E-state index in [1.54, 1.807) is 25.3 Å². The van der Waals surface area contributed by atoms with Crippen LogP contribution >= 0.6 is 0 Å². The lowest BCUT2D eigenvalue weighted by atomic mass is 10.1. The summed E-state index contributed by atoms with van der Waals surface area (Å²) in [5.41, 5.74) is 6.86. The fourth-order valence-corrected chi connectivity index (χ4v) is 2.20. The Balaban J connectivity index is 1.77. The maximum atomic E-state index is 11.9. The van der Waals surface area contributed by atoms with Crippen LogP contribution < -0.4 is 15.8 Å². The molecule has 1 aromatic rings. The number of benzene rings is 1. The Hall–Kier alpha value is -1.79. The summed E-state index contributed by atoms with van der Waals surface area (Å²) in [6.45, 7) is 1.87. The number of nitrogens with two attached hydrogens (primary N) is 1. The summed E-state index contributed by atoms with van der Waals surface area (Å²) in [5.74, 6) is 0.467. The van der Waals surface area contributed by atoms with E-state index in [-0.39, 0.29) is 12.0 Å². The first-order valence-electron chi connectivity index (χ1n) is 7.11. The number of carbonyl (C=O) groups excluding carboxylic acids is 1. The van der Waals surface area contributed by atoms with Gasteiger partial charge in [0, 0.05) is 18.9 Å². The van der Waals surface area contributed by atoms with Crippen molar-refractivity contribution >= 4 is 17.3 Å². The van der Waals surface area contributed by atoms with Gasteiger partial charge in [0.15, 0.2) is 0 Å². The molecule has 1 aliphatic heterocycles. The van der Waals surface area contributed by atoms with Crippen molar-refractivity contribution in [2.45, 2.75) is 25.4 Å². The van der Waals surface area contributed by atoms with E-state index in [1.807, 2.05) is 0 Å². The second-order valence-electron chi connectivity index (χ2n) is 4.94. The average molecular weight is 294 g/mol. The van der Waals surface area contributed by atoms with Gasteiger partial charge in [0.05, 0.1) is 31.9 Å². The molecule has 0 unspecified atom stereocenters. The minimum absolute atomic E-state index is 0.119. The lowest BCUT2D eigenvalue weighted by Crippen LogP contribution is -2.25. The maximum Gasteiger partial charge on any atom is 0.226 e. The van der Waals surface area contributed by atoms with E-state index in [0.29, 0.717) is 30.2 Å². The van der Waals surface area contributed by atoms with Gasteiger partial charge in [0.25, 0.3) is 0 Å². The monoisotopic (exact) mass is 294 g/mol. The maximum absolute atomic E-state index is 11.9. The molecular formula is C15H22N2O4. The molecule has 1 aliphatic rings. The minimum Gasteiger partial charge on any atom is -0.495 e. The molecule has 3 N–H and O–H groups in total. The van der Waals surface area contributed by atoms with Crippen molar-refractivity contribution in [1.82, 2.24) is 0 Å². The number of hydrogen-bond acceptors (Lipinski definition) is 5. The number of hydrogen-bond donors (Lipinski definition) is 2. The Morgan fingerprint density at radius 1 is 1.43 bits per heavy atom. The van der Waals surface area contributed by atoms with Gasteiger partial charge in [0.2, 0.25) is 5.91 Å². The average Bonchev–Trinajstić information content (AvgIpc) is 2.48. The zero-order chi connectivity index (χ0) is 15.1. The number of rotatable bonds is 6. The number of nitrogens with one attached hydrogen (secondary N) is 1. The first-order chi connectivity index (χ1) is 10.2. The third-order valence-electron chi connectivity index (χ3n) is 3.35. The quantitative estimate of drug-likeness (QED) is 0.782. The molecule has 1 amide bonds. The third-order valence-corrected chi connectivity index (χ3v) is 3.35. The molecule has 0 atom stereocenters. The molecule has 6 heteroatoms. The van der Waals surface area contributed by atoms with E-state index in [9.17, 15) is 4.79 Å². The molecule has 116 valence electrons. The summed E-state index contributed by atoms with van der Waals surface area (Å²) < 4.78 is 16.1. The number of amides is 1. The van der Waals surface area contributed by atoms with Crippen LogP contribution in [-0.4, -0.2) is 38.9 Å². The summed E-state index contributed by atoms with van der Waals surface area (Å²) in [6.07, 6.45) is 2.29. The van der Waals surface area contributed by atoms with E-state index in [1.165, 1.54) is 0 Å². The van der Waals surface area contributed by atoms with Crippen LogP contribution in [0.5, 0.6) is 5.75 Å². The number of methoxy groups -OCH3 is 1. The van der Waals surface area contributed by atoms with Crippen LogP contribution in [0.15, 0.2) is 18.2 Å². The molecule has 0 bridgehead atoms. The lowest BCUT2D eigenvalue weighted by Gasteiger charge is -2.22. The molecule has 1 aromatic carbocycles. The van der Waals surface area contributed by atoms with E-state index in [0.717, 1.165) is 26.1 Å². The van der Waals surface area contributed by atoms with Gasteiger partial charge in [-0.1, -0.05) is 0 Å². The summed E-state index contributed by atoms with van der Waals surface area (Å²) in [5, 5.41) is 2.79. The molecule has 0 spiro atoms. The zero-order valence-electron chi connectivity index (χ0n) is 12.3. The van der Waals surface area contributed by atoms with Crippen molar-refractivity contribution in [1.29, 1.82) is 0 Å². The van der Waals surface area contributed by atoms with Gasteiger partial charge < -0.3 is 25.3 Å². The normalized spacial score (nSPS) is 15.7. The molecule has 21 heavy (non-hydrogen) atoms. The summed E-state index contributed by atoms with van der Waals surface area (Å²) >= 11 is 0. The van der Waals surface area contributed by atoms with Crippen molar-refractivity contribution in [3.63, 3.8) is 0 Å². The van der Waals surface area contributed by atoms with Gasteiger partial charge >= 0.3 is 0 Å². The van der Waals surface area contributed by atoms with Gasteiger partial charge in [-0.2, -0.15) is 0 Å². The number of ether oxygens (including phenoxy) is 3. The molecule has 6 nitrogen and oxygen atoms in total. The fourth-order valence-electron chi connectivity index (χ4n) is 2.20. The van der Waals surface area contributed by atoms with Crippen LogP contribution in [0.1, 0.15) is 19.3 Å².